The fourth-order valence-corrected chi connectivity index (χ4v) is 2.61. The van der Waals surface area contributed by atoms with Gasteiger partial charge in [-0.1, -0.05) is 41.1 Å². The molecule has 2 atom stereocenters. The molecule has 96 valence electrons. The highest BCUT2D eigenvalue weighted by Gasteiger charge is 2.50. The van der Waals surface area contributed by atoms with Crippen LogP contribution in [0.4, 0.5) is 0 Å². The summed E-state index contributed by atoms with van der Waals surface area (Å²) >= 11 is 3.44. The highest BCUT2D eigenvalue weighted by molar-refractivity contribution is 9.10. The molecule has 1 aromatic carbocycles. The molecule has 0 unspecified atom stereocenters. The molecule has 2 rings (SSSR count). The van der Waals surface area contributed by atoms with E-state index in [0.717, 1.165) is 10.9 Å². The van der Waals surface area contributed by atoms with E-state index in [1.54, 1.807) is 6.08 Å². The Labute approximate surface area is 116 Å². The quantitative estimate of drug-likeness (QED) is 0.624. The molecule has 0 N–H and O–H groups in total. The predicted molar refractivity (Wildman–Crippen MR) is 75.4 cm³/mol. The second-order valence-electron chi connectivity index (χ2n) is 4.74. The first-order chi connectivity index (χ1) is 8.58. The van der Waals surface area contributed by atoms with E-state index in [-0.39, 0.29) is 11.4 Å². The third-order valence-corrected chi connectivity index (χ3v) is 4.08. The van der Waals surface area contributed by atoms with Crippen LogP contribution >= 0.6 is 15.9 Å². The monoisotopic (exact) mass is 308 g/mol. The minimum atomic E-state index is -0.256. The largest absolute Gasteiger partial charge is 0.463 e. The van der Waals surface area contributed by atoms with Gasteiger partial charge >= 0.3 is 5.97 Å². The summed E-state index contributed by atoms with van der Waals surface area (Å²) in [6.07, 6.45) is 4.65. The van der Waals surface area contributed by atoms with Gasteiger partial charge in [-0.05, 0) is 37.0 Å². The van der Waals surface area contributed by atoms with Gasteiger partial charge in [-0.25, -0.2) is 4.79 Å². The Morgan fingerprint density at radius 3 is 2.61 bits per heavy atom. The molecular weight excluding hydrogens is 292 g/mol. The molecule has 18 heavy (non-hydrogen) atoms. The fourth-order valence-electron chi connectivity index (χ4n) is 2.35. The molecule has 0 saturated heterocycles. The first-order valence-corrected chi connectivity index (χ1v) is 7.00. The van der Waals surface area contributed by atoms with Crippen LogP contribution in [0.2, 0.25) is 0 Å². The lowest BCUT2D eigenvalue weighted by molar-refractivity contribution is -0.137. The third kappa shape index (κ3) is 2.66. The van der Waals surface area contributed by atoms with Crippen LogP contribution in [-0.2, 0) is 14.9 Å². The Balaban J connectivity index is 2.17. The van der Waals surface area contributed by atoms with Crippen molar-refractivity contribution >= 4 is 21.9 Å². The maximum atomic E-state index is 11.4. The van der Waals surface area contributed by atoms with E-state index < -0.39 is 0 Å². The van der Waals surface area contributed by atoms with Crippen LogP contribution in [0.15, 0.2) is 40.9 Å². The van der Waals surface area contributed by atoms with Gasteiger partial charge in [0.1, 0.15) is 0 Å². The Morgan fingerprint density at radius 1 is 1.50 bits per heavy atom. The zero-order valence-corrected chi connectivity index (χ0v) is 12.2. The lowest BCUT2D eigenvalue weighted by atomic mass is 9.93. The first kappa shape index (κ1) is 13.3. The van der Waals surface area contributed by atoms with E-state index >= 15 is 0 Å². The molecule has 0 aliphatic heterocycles. The molecular formula is C15H17BrO2. The first-order valence-electron chi connectivity index (χ1n) is 6.20. The molecule has 1 saturated carbocycles. The zero-order valence-electron chi connectivity index (χ0n) is 10.7. The molecule has 0 amide bonds. The highest BCUT2D eigenvalue weighted by atomic mass is 79.9. The van der Waals surface area contributed by atoms with Gasteiger partial charge in [-0.3, -0.25) is 0 Å². The fraction of sp³-hybridized carbons (Fsp3) is 0.400. The number of carbonyl (C=O) groups is 1. The standard InChI is InChI=1S/C15H17BrO2/c1-3-18-14(17)8-9-15(10-11(15)2)12-4-6-13(16)7-5-12/h4-9,11H,3,10H2,1-2H3/b9-8+/t11-,15-/m0/s1. The summed E-state index contributed by atoms with van der Waals surface area (Å²) in [5.74, 6) is 0.317. The smallest absolute Gasteiger partial charge is 0.330 e. The van der Waals surface area contributed by atoms with E-state index in [1.165, 1.54) is 5.56 Å². The van der Waals surface area contributed by atoms with Crippen LogP contribution in [0.1, 0.15) is 25.8 Å². The zero-order chi connectivity index (χ0) is 13.2. The maximum Gasteiger partial charge on any atom is 0.330 e. The van der Waals surface area contributed by atoms with E-state index in [9.17, 15) is 4.79 Å². The summed E-state index contributed by atoms with van der Waals surface area (Å²) in [6.45, 7) is 4.44. The number of carbonyl (C=O) groups excluding carboxylic acids is 1. The molecule has 0 bridgehead atoms. The molecule has 2 nitrogen and oxygen atoms in total. The predicted octanol–water partition coefficient (Wildman–Crippen LogP) is 3.85. The summed E-state index contributed by atoms with van der Waals surface area (Å²) in [5.41, 5.74) is 1.28. The molecule has 1 aliphatic carbocycles. The number of allylic oxidation sites excluding steroid dienone is 1. The van der Waals surface area contributed by atoms with Crippen molar-refractivity contribution in [3.8, 4) is 0 Å². The number of halogens is 1. The van der Waals surface area contributed by atoms with E-state index in [1.807, 2.05) is 25.1 Å². The number of rotatable bonds is 4. The van der Waals surface area contributed by atoms with Gasteiger partial charge in [0, 0.05) is 16.0 Å². The Kier molecular flexibility index (Phi) is 3.91. The SMILES string of the molecule is CCOC(=O)/C=C/[C@]1(c2ccc(Br)cc2)C[C@@H]1C. The van der Waals surface area contributed by atoms with Gasteiger partial charge in [-0.2, -0.15) is 0 Å². The number of esters is 1. The Morgan fingerprint density at radius 2 is 2.11 bits per heavy atom. The lowest BCUT2D eigenvalue weighted by Crippen LogP contribution is -2.07. The Hall–Kier alpha value is -1.09. The number of hydrogen-bond acceptors (Lipinski definition) is 2. The van der Waals surface area contributed by atoms with Crippen LogP contribution in [0.3, 0.4) is 0 Å². The summed E-state index contributed by atoms with van der Waals surface area (Å²) in [4.78, 5) is 11.4. The minimum Gasteiger partial charge on any atom is -0.463 e. The molecule has 1 aliphatic rings. The van der Waals surface area contributed by atoms with Crippen molar-refractivity contribution in [1.82, 2.24) is 0 Å². The van der Waals surface area contributed by atoms with Gasteiger partial charge < -0.3 is 4.74 Å². The highest BCUT2D eigenvalue weighted by Crippen LogP contribution is 2.55. The van der Waals surface area contributed by atoms with Crippen LogP contribution in [0.5, 0.6) is 0 Å². The number of benzene rings is 1. The van der Waals surface area contributed by atoms with Gasteiger partial charge in [0.05, 0.1) is 6.61 Å². The van der Waals surface area contributed by atoms with Crippen LogP contribution in [0.25, 0.3) is 0 Å². The van der Waals surface area contributed by atoms with Crippen molar-refractivity contribution in [2.45, 2.75) is 25.7 Å². The topological polar surface area (TPSA) is 26.3 Å². The summed E-state index contributed by atoms with van der Waals surface area (Å²) in [5, 5.41) is 0. The van der Waals surface area contributed by atoms with Crippen LogP contribution < -0.4 is 0 Å². The summed E-state index contributed by atoms with van der Waals surface area (Å²) in [6, 6.07) is 8.31. The lowest BCUT2D eigenvalue weighted by Gasteiger charge is -2.12. The van der Waals surface area contributed by atoms with Gasteiger partial charge in [0.15, 0.2) is 0 Å². The normalized spacial score (nSPS) is 26.3. The number of hydrogen-bond donors (Lipinski definition) is 0. The molecule has 1 aromatic rings. The minimum absolute atomic E-state index is 0.0213. The van der Waals surface area contributed by atoms with Gasteiger partial charge in [0.25, 0.3) is 0 Å². The molecule has 1 fully saturated rings. The second-order valence-corrected chi connectivity index (χ2v) is 5.65. The second kappa shape index (κ2) is 5.27. The molecule has 0 spiro atoms. The molecule has 0 aromatic heterocycles. The van der Waals surface area contributed by atoms with Crippen molar-refractivity contribution in [3.05, 3.63) is 46.5 Å². The van der Waals surface area contributed by atoms with Gasteiger partial charge in [0.2, 0.25) is 0 Å². The van der Waals surface area contributed by atoms with Crippen molar-refractivity contribution in [3.63, 3.8) is 0 Å². The van der Waals surface area contributed by atoms with E-state index in [2.05, 4.69) is 35.0 Å². The summed E-state index contributed by atoms with van der Waals surface area (Å²) in [7, 11) is 0. The van der Waals surface area contributed by atoms with Gasteiger partial charge in [-0.15, -0.1) is 0 Å². The molecule has 0 radical (unpaired) electrons. The Bertz CT molecular complexity index is 464. The van der Waals surface area contributed by atoms with Crippen molar-refractivity contribution in [1.29, 1.82) is 0 Å². The van der Waals surface area contributed by atoms with Crippen LogP contribution in [-0.4, -0.2) is 12.6 Å². The van der Waals surface area contributed by atoms with Crippen LogP contribution in [0, 0.1) is 5.92 Å². The van der Waals surface area contributed by atoms with E-state index in [0.29, 0.717) is 12.5 Å². The average molecular weight is 309 g/mol. The average Bonchev–Trinajstić information content (AvgIpc) is 3.00. The molecule has 0 heterocycles. The third-order valence-electron chi connectivity index (χ3n) is 3.55. The maximum absolute atomic E-state index is 11.4. The van der Waals surface area contributed by atoms with Crippen molar-refractivity contribution in [2.24, 2.45) is 5.92 Å². The van der Waals surface area contributed by atoms with Crippen molar-refractivity contribution in [2.75, 3.05) is 6.61 Å². The number of ether oxygens (including phenoxy) is 1. The van der Waals surface area contributed by atoms with E-state index in [4.69, 9.17) is 4.74 Å². The van der Waals surface area contributed by atoms with Crippen molar-refractivity contribution < 1.29 is 9.53 Å². The molecule has 3 heteroatoms. The summed E-state index contributed by atoms with van der Waals surface area (Å²) < 4.78 is 6.00.